The summed E-state index contributed by atoms with van der Waals surface area (Å²) >= 11 is 0. The highest BCUT2D eigenvalue weighted by atomic mass is 19.1. The molecule has 0 aromatic heterocycles. The minimum Gasteiger partial charge on any atom is -0.455 e. The summed E-state index contributed by atoms with van der Waals surface area (Å²) in [5.74, 6) is -1.34. The third-order valence-electron chi connectivity index (χ3n) is 3.90. The highest BCUT2D eigenvalue weighted by Crippen LogP contribution is 2.20. The molecular weight excluding hydrogens is 345 g/mol. The topological polar surface area (TPSA) is 55.4 Å². The van der Waals surface area contributed by atoms with Gasteiger partial charge >= 0.3 is 5.97 Å². The molecule has 0 bridgehead atoms. The number of ether oxygens (including phenoxy) is 1. The van der Waals surface area contributed by atoms with E-state index in [0.717, 1.165) is 11.1 Å². The van der Waals surface area contributed by atoms with Crippen molar-refractivity contribution in [1.29, 1.82) is 0 Å². The van der Waals surface area contributed by atoms with Gasteiger partial charge in [0.05, 0.1) is 6.42 Å². The lowest BCUT2D eigenvalue weighted by Crippen LogP contribution is -2.21. The van der Waals surface area contributed by atoms with Crippen LogP contribution in [-0.4, -0.2) is 18.5 Å². The summed E-state index contributed by atoms with van der Waals surface area (Å²) in [6.07, 6.45) is -0.0146. The molecule has 1 amide bonds. The summed E-state index contributed by atoms with van der Waals surface area (Å²) < 4.78 is 17.8. The number of nitrogens with one attached hydrogen (secondary N) is 1. The lowest BCUT2D eigenvalue weighted by Gasteiger charge is -2.08. The zero-order valence-electron chi connectivity index (χ0n) is 14.5. The standard InChI is InChI=1S/C22H18FNO3/c23-19-10-6-16(7-11-19)14-22(26)27-15-21(25)24-20-12-8-18(9-13-20)17-4-2-1-3-5-17/h1-13H,14-15H2,(H,24,25). The fourth-order valence-electron chi connectivity index (χ4n) is 2.54. The quantitative estimate of drug-likeness (QED) is 0.667. The minimum absolute atomic E-state index is 0.0146. The second kappa shape index (κ2) is 8.76. The maximum Gasteiger partial charge on any atom is 0.310 e. The molecular formula is C22H18FNO3. The van der Waals surface area contributed by atoms with Gasteiger partial charge in [-0.25, -0.2) is 4.39 Å². The Balaban J connectivity index is 1.47. The summed E-state index contributed by atoms with van der Waals surface area (Å²) in [7, 11) is 0. The van der Waals surface area contributed by atoms with Crippen LogP contribution >= 0.6 is 0 Å². The van der Waals surface area contributed by atoms with Crippen molar-refractivity contribution >= 4 is 17.6 Å². The first kappa shape index (κ1) is 18.3. The third kappa shape index (κ3) is 5.51. The van der Waals surface area contributed by atoms with Crippen LogP contribution in [0.3, 0.4) is 0 Å². The van der Waals surface area contributed by atoms with Crippen LogP contribution in [0.4, 0.5) is 10.1 Å². The van der Waals surface area contributed by atoms with Gasteiger partial charge in [-0.15, -0.1) is 0 Å². The van der Waals surface area contributed by atoms with Crippen molar-refractivity contribution in [2.45, 2.75) is 6.42 Å². The Morgan fingerprint density at radius 1 is 0.815 bits per heavy atom. The van der Waals surface area contributed by atoms with Crippen molar-refractivity contribution < 1.29 is 18.7 Å². The fourth-order valence-corrected chi connectivity index (χ4v) is 2.54. The van der Waals surface area contributed by atoms with E-state index in [2.05, 4.69) is 5.32 Å². The molecule has 0 saturated carbocycles. The number of hydrogen-bond acceptors (Lipinski definition) is 3. The molecule has 0 heterocycles. The van der Waals surface area contributed by atoms with Gasteiger partial charge in [-0.3, -0.25) is 9.59 Å². The van der Waals surface area contributed by atoms with Crippen LogP contribution < -0.4 is 5.32 Å². The van der Waals surface area contributed by atoms with Crippen molar-refractivity contribution in [3.05, 3.63) is 90.2 Å². The van der Waals surface area contributed by atoms with E-state index in [4.69, 9.17) is 4.74 Å². The molecule has 3 rings (SSSR count). The van der Waals surface area contributed by atoms with E-state index in [1.165, 1.54) is 24.3 Å². The van der Waals surface area contributed by atoms with Gasteiger partial charge in [0.25, 0.3) is 5.91 Å². The normalized spacial score (nSPS) is 10.3. The van der Waals surface area contributed by atoms with E-state index in [0.29, 0.717) is 11.3 Å². The molecule has 0 saturated heterocycles. The van der Waals surface area contributed by atoms with E-state index in [9.17, 15) is 14.0 Å². The number of hydrogen-bond donors (Lipinski definition) is 1. The number of benzene rings is 3. The van der Waals surface area contributed by atoms with Crippen LogP contribution in [0.1, 0.15) is 5.56 Å². The molecule has 0 aliphatic carbocycles. The number of esters is 1. The summed E-state index contributed by atoms with van der Waals surface area (Å²) in [6, 6.07) is 22.9. The summed E-state index contributed by atoms with van der Waals surface area (Å²) in [5.41, 5.74) is 3.37. The zero-order valence-corrected chi connectivity index (χ0v) is 14.5. The van der Waals surface area contributed by atoms with Gasteiger partial charge in [0, 0.05) is 5.69 Å². The molecule has 4 nitrogen and oxygen atoms in total. The van der Waals surface area contributed by atoms with Crippen LogP contribution in [0, 0.1) is 5.82 Å². The Morgan fingerprint density at radius 2 is 1.44 bits per heavy atom. The molecule has 0 radical (unpaired) electrons. The van der Waals surface area contributed by atoms with Gasteiger partial charge in [0.15, 0.2) is 6.61 Å². The van der Waals surface area contributed by atoms with Crippen molar-refractivity contribution in [3.8, 4) is 11.1 Å². The van der Waals surface area contributed by atoms with Gasteiger partial charge in [-0.2, -0.15) is 0 Å². The van der Waals surface area contributed by atoms with Crippen molar-refractivity contribution in [3.63, 3.8) is 0 Å². The van der Waals surface area contributed by atoms with Gasteiger partial charge in [-0.1, -0.05) is 54.6 Å². The SMILES string of the molecule is O=C(COC(=O)Cc1ccc(F)cc1)Nc1ccc(-c2ccccc2)cc1. The largest absolute Gasteiger partial charge is 0.455 e. The molecule has 27 heavy (non-hydrogen) atoms. The Labute approximate surface area is 156 Å². The van der Waals surface area contributed by atoms with Gasteiger partial charge in [0.1, 0.15) is 5.82 Å². The van der Waals surface area contributed by atoms with Crippen LogP contribution in [0.25, 0.3) is 11.1 Å². The molecule has 3 aromatic carbocycles. The van der Waals surface area contributed by atoms with E-state index in [-0.39, 0.29) is 18.8 Å². The maximum atomic E-state index is 12.8. The average Bonchev–Trinajstić information content (AvgIpc) is 2.69. The third-order valence-corrected chi connectivity index (χ3v) is 3.90. The van der Waals surface area contributed by atoms with Crippen LogP contribution in [0.15, 0.2) is 78.9 Å². The molecule has 136 valence electrons. The van der Waals surface area contributed by atoms with E-state index < -0.39 is 11.9 Å². The predicted octanol–water partition coefficient (Wildman–Crippen LogP) is 4.22. The number of rotatable bonds is 6. The molecule has 3 aromatic rings. The first-order chi connectivity index (χ1) is 13.1. The Bertz CT molecular complexity index is 907. The smallest absolute Gasteiger partial charge is 0.310 e. The molecule has 0 spiro atoms. The summed E-state index contributed by atoms with van der Waals surface area (Å²) in [5, 5.41) is 2.68. The molecule has 0 unspecified atom stereocenters. The Morgan fingerprint density at radius 3 is 2.11 bits per heavy atom. The summed E-state index contributed by atoms with van der Waals surface area (Å²) in [6.45, 7) is -0.375. The molecule has 1 N–H and O–H groups in total. The minimum atomic E-state index is -0.545. The first-order valence-electron chi connectivity index (χ1n) is 8.45. The van der Waals surface area contributed by atoms with Crippen LogP contribution in [0.5, 0.6) is 0 Å². The lowest BCUT2D eigenvalue weighted by molar-refractivity contribution is -0.146. The molecule has 0 aliphatic heterocycles. The monoisotopic (exact) mass is 363 g/mol. The number of anilines is 1. The van der Waals surface area contributed by atoms with Gasteiger partial charge < -0.3 is 10.1 Å². The lowest BCUT2D eigenvalue weighted by atomic mass is 10.1. The number of carbonyl (C=O) groups is 2. The fraction of sp³-hybridized carbons (Fsp3) is 0.0909. The zero-order chi connectivity index (χ0) is 19.1. The number of amides is 1. The molecule has 0 fully saturated rings. The van der Waals surface area contributed by atoms with E-state index >= 15 is 0 Å². The van der Waals surface area contributed by atoms with Crippen LogP contribution in [-0.2, 0) is 20.7 Å². The second-order valence-corrected chi connectivity index (χ2v) is 5.96. The van der Waals surface area contributed by atoms with E-state index in [1.54, 1.807) is 12.1 Å². The highest BCUT2D eigenvalue weighted by molar-refractivity contribution is 5.93. The van der Waals surface area contributed by atoms with Crippen LogP contribution in [0.2, 0.25) is 0 Å². The Kier molecular flexibility index (Phi) is 5.94. The van der Waals surface area contributed by atoms with E-state index in [1.807, 2.05) is 42.5 Å². The van der Waals surface area contributed by atoms with Crippen molar-refractivity contribution in [2.75, 3.05) is 11.9 Å². The average molecular weight is 363 g/mol. The van der Waals surface area contributed by atoms with Crippen molar-refractivity contribution in [2.24, 2.45) is 0 Å². The number of halogens is 1. The van der Waals surface area contributed by atoms with Gasteiger partial charge in [0.2, 0.25) is 0 Å². The Hall–Kier alpha value is -3.47. The molecule has 5 heteroatoms. The predicted molar refractivity (Wildman–Crippen MR) is 102 cm³/mol. The van der Waals surface area contributed by atoms with Crippen molar-refractivity contribution in [1.82, 2.24) is 0 Å². The number of carbonyl (C=O) groups excluding carboxylic acids is 2. The summed E-state index contributed by atoms with van der Waals surface area (Å²) in [4.78, 5) is 23.7. The molecule has 0 aliphatic rings. The maximum absolute atomic E-state index is 12.8. The first-order valence-corrected chi connectivity index (χ1v) is 8.45. The highest BCUT2D eigenvalue weighted by Gasteiger charge is 2.09. The van der Waals surface area contributed by atoms with Gasteiger partial charge in [-0.05, 0) is 41.0 Å². The molecule has 0 atom stereocenters. The second-order valence-electron chi connectivity index (χ2n) is 5.96.